The second kappa shape index (κ2) is 13.1. The number of aliphatic imine (C=N–C) groups is 1. The summed E-state index contributed by atoms with van der Waals surface area (Å²) in [6, 6.07) is 16.4. The van der Waals surface area contributed by atoms with Gasteiger partial charge in [-0.25, -0.2) is 4.68 Å². The van der Waals surface area contributed by atoms with Crippen LogP contribution >= 0.6 is 24.0 Å². The van der Waals surface area contributed by atoms with Gasteiger partial charge in [-0.2, -0.15) is 5.10 Å². The summed E-state index contributed by atoms with van der Waals surface area (Å²) in [6.07, 6.45) is 1.91. The third-order valence-corrected chi connectivity index (χ3v) is 5.28. The van der Waals surface area contributed by atoms with Gasteiger partial charge >= 0.3 is 0 Å². The Balaban J connectivity index is 0.00000385. The molecule has 0 aliphatic carbocycles. The highest BCUT2D eigenvalue weighted by Crippen LogP contribution is 2.27. The number of aryl methyl sites for hydroxylation is 3. The van der Waals surface area contributed by atoms with Crippen molar-refractivity contribution in [2.45, 2.75) is 33.2 Å². The van der Waals surface area contributed by atoms with Crippen LogP contribution in [0.2, 0.25) is 0 Å². The average molecular weight is 563 g/mol. The fraction of sp³-hybridized carbons (Fsp3) is 0.360. The quantitative estimate of drug-likeness (QED) is 0.175. The van der Waals surface area contributed by atoms with Crippen LogP contribution in [0.3, 0.4) is 0 Å². The molecule has 8 heteroatoms. The van der Waals surface area contributed by atoms with Crippen LogP contribution in [-0.4, -0.2) is 43.6 Å². The molecular weight excluding hydrogens is 529 g/mol. The van der Waals surface area contributed by atoms with Crippen molar-refractivity contribution >= 4 is 29.9 Å². The number of para-hydroxylation sites is 1. The van der Waals surface area contributed by atoms with Crippen molar-refractivity contribution < 1.29 is 9.47 Å². The summed E-state index contributed by atoms with van der Waals surface area (Å²) in [7, 11) is 5.10. The van der Waals surface area contributed by atoms with Gasteiger partial charge in [-0.1, -0.05) is 24.3 Å². The number of methoxy groups -OCH3 is 2. The minimum Gasteiger partial charge on any atom is -0.493 e. The molecule has 0 aliphatic heterocycles. The third kappa shape index (κ3) is 7.12. The van der Waals surface area contributed by atoms with E-state index in [9.17, 15) is 0 Å². The molecule has 0 aliphatic rings. The lowest BCUT2D eigenvalue weighted by atomic mass is 10.1. The average Bonchev–Trinajstić information content (AvgIpc) is 3.16. The van der Waals surface area contributed by atoms with Crippen LogP contribution < -0.4 is 20.1 Å². The molecule has 0 saturated heterocycles. The van der Waals surface area contributed by atoms with Crippen LogP contribution in [0.5, 0.6) is 11.5 Å². The molecule has 0 radical (unpaired) electrons. The molecule has 0 spiro atoms. The Hall–Kier alpha value is -2.75. The van der Waals surface area contributed by atoms with Gasteiger partial charge in [0.25, 0.3) is 0 Å². The van der Waals surface area contributed by atoms with Gasteiger partial charge in [-0.15, -0.1) is 24.0 Å². The van der Waals surface area contributed by atoms with E-state index in [1.807, 2.05) is 35.9 Å². The second-order valence-corrected chi connectivity index (χ2v) is 7.61. The number of rotatable bonds is 9. The van der Waals surface area contributed by atoms with Crippen molar-refractivity contribution in [3.8, 4) is 17.2 Å². The van der Waals surface area contributed by atoms with E-state index in [4.69, 9.17) is 9.47 Å². The largest absolute Gasteiger partial charge is 0.493 e. The Labute approximate surface area is 213 Å². The van der Waals surface area contributed by atoms with E-state index in [-0.39, 0.29) is 24.0 Å². The number of hydrogen-bond acceptors (Lipinski definition) is 4. The number of hydrogen-bond donors (Lipinski definition) is 2. The maximum atomic E-state index is 5.39. The van der Waals surface area contributed by atoms with Crippen LogP contribution in [0, 0.1) is 13.8 Å². The van der Waals surface area contributed by atoms with Crippen molar-refractivity contribution in [3.63, 3.8) is 0 Å². The van der Waals surface area contributed by atoms with Crippen molar-refractivity contribution in [3.05, 3.63) is 71.0 Å². The molecule has 33 heavy (non-hydrogen) atoms. The smallest absolute Gasteiger partial charge is 0.191 e. The Morgan fingerprint density at radius 3 is 2.42 bits per heavy atom. The van der Waals surface area contributed by atoms with Gasteiger partial charge in [-0.05, 0) is 62.1 Å². The zero-order valence-electron chi connectivity index (χ0n) is 20.0. The second-order valence-electron chi connectivity index (χ2n) is 7.61. The summed E-state index contributed by atoms with van der Waals surface area (Å²) in [4.78, 5) is 4.36. The van der Waals surface area contributed by atoms with Gasteiger partial charge in [0.2, 0.25) is 0 Å². The van der Waals surface area contributed by atoms with Crippen LogP contribution in [0.25, 0.3) is 5.69 Å². The van der Waals surface area contributed by atoms with Crippen LogP contribution in [0.4, 0.5) is 0 Å². The standard InChI is InChI=1S/C25H33N5O2.HI/c1-18-15-19(2)30(29-18)22-11-7-6-10-21(22)17-28-25(26-3)27-14-8-9-20-12-13-23(31-4)24(16-20)32-5;/h6-7,10-13,15-16H,8-9,14,17H2,1-5H3,(H2,26,27,28);1H. The minimum absolute atomic E-state index is 0. The van der Waals surface area contributed by atoms with Crippen molar-refractivity contribution in [2.24, 2.45) is 4.99 Å². The topological polar surface area (TPSA) is 72.7 Å². The highest BCUT2D eigenvalue weighted by molar-refractivity contribution is 14.0. The molecule has 1 aromatic heterocycles. The van der Waals surface area contributed by atoms with Crippen LogP contribution in [-0.2, 0) is 13.0 Å². The molecule has 0 bridgehead atoms. The first kappa shape index (κ1) is 26.5. The highest BCUT2D eigenvalue weighted by atomic mass is 127. The lowest BCUT2D eigenvalue weighted by Crippen LogP contribution is -2.37. The molecule has 3 rings (SSSR count). The van der Waals surface area contributed by atoms with E-state index < -0.39 is 0 Å². The first-order valence-electron chi connectivity index (χ1n) is 10.8. The van der Waals surface area contributed by atoms with E-state index in [1.165, 1.54) is 5.56 Å². The molecule has 0 unspecified atom stereocenters. The lowest BCUT2D eigenvalue weighted by Gasteiger charge is -2.15. The number of nitrogens with zero attached hydrogens (tertiary/aromatic N) is 3. The lowest BCUT2D eigenvalue weighted by molar-refractivity contribution is 0.354. The molecule has 0 saturated carbocycles. The van der Waals surface area contributed by atoms with E-state index in [0.29, 0.717) is 6.54 Å². The summed E-state index contributed by atoms with van der Waals surface area (Å²) in [5, 5.41) is 11.4. The monoisotopic (exact) mass is 563 g/mol. The molecule has 178 valence electrons. The predicted molar refractivity (Wildman–Crippen MR) is 145 cm³/mol. The number of benzene rings is 2. The fourth-order valence-corrected chi connectivity index (χ4v) is 3.67. The summed E-state index contributed by atoms with van der Waals surface area (Å²) >= 11 is 0. The van der Waals surface area contributed by atoms with Crippen molar-refractivity contribution in [2.75, 3.05) is 27.8 Å². The summed E-state index contributed by atoms with van der Waals surface area (Å²) in [5.41, 5.74) is 5.58. The van der Waals surface area contributed by atoms with Crippen LogP contribution in [0.1, 0.15) is 28.9 Å². The highest BCUT2D eigenvalue weighted by Gasteiger charge is 2.09. The summed E-state index contributed by atoms with van der Waals surface area (Å²) < 4.78 is 12.7. The van der Waals surface area contributed by atoms with E-state index >= 15 is 0 Å². The number of aromatic nitrogens is 2. The first-order chi connectivity index (χ1) is 15.5. The molecule has 0 atom stereocenters. The molecule has 2 aromatic carbocycles. The van der Waals surface area contributed by atoms with Gasteiger partial charge in [0.1, 0.15) is 0 Å². The third-order valence-electron chi connectivity index (χ3n) is 5.28. The number of halogens is 1. The molecule has 3 aromatic rings. The van der Waals surface area contributed by atoms with Crippen LogP contribution in [0.15, 0.2) is 53.5 Å². The summed E-state index contributed by atoms with van der Waals surface area (Å²) in [5.74, 6) is 2.29. The van der Waals surface area contributed by atoms with Gasteiger partial charge < -0.3 is 20.1 Å². The van der Waals surface area contributed by atoms with Crippen molar-refractivity contribution in [1.29, 1.82) is 0 Å². The molecule has 0 fully saturated rings. The molecule has 7 nitrogen and oxygen atoms in total. The maximum Gasteiger partial charge on any atom is 0.191 e. The number of guanidine groups is 1. The van der Waals surface area contributed by atoms with E-state index in [1.54, 1.807) is 21.3 Å². The SMILES string of the molecule is CN=C(NCCCc1ccc(OC)c(OC)c1)NCc1ccccc1-n1nc(C)cc1C.I. The molecule has 1 heterocycles. The fourth-order valence-electron chi connectivity index (χ4n) is 3.67. The predicted octanol–water partition coefficient (Wildman–Crippen LogP) is 4.42. The zero-order valence-corrected chi connectivity index (χ0v) is 22.3. The first-order valence-corrected chi connectivity index (χ1v) is 10.8. The molecule has 2 N–H and O–H groups in total. The minimum atomic E-state index is 0. The maximum absolute atomic E-state index is 5.39. The van der Waals surface area contributed by atoms with E-state index in [2.05, 4.69) is 51.9 Å². The Kier molecular flexibility index (Phi) is 10.5. The van der Waals surface area contributed by atoms with Gasteiger partial charge in [-0.3, -0.25) is 4.99 Å². The normalized spacial score (nSPS) is 11.0. The van der Waals surface area contributed by atoms with Gasteiger partial charge in [0.15, 0.2) is 17.5 Å². The Morgan fingerprint density at radius 2 is 1.76 bits per heavy atom. The number of ether oxygens (including phenoxy) is 2. The Bertz CT molecular complexity index is 1060. The molecular formula is C25H34IN5O2. The summed E-state index contributed by atoms with van der Waals surface area (Å²) in [6.45, 7) is 5.55. The van der Waals surface area contributed by atoms with Crippen molar-refractivity contribution in [1.82, 2.24) is 20.4 Å². The van der Waals surface area contributed by atoms with Gasteiger partial charge in [0, 0.05) is 25.8 Å². The van der Waals surface area contributed by atoms with E-state index in [0.717, 1.165) is 59.5 Å². The zero-order chi connectivity index (χ0) is 22.9. The van der Waals surface area contributed by atoms with Gasteiger partial charge in [0.05, 0.1) is 25.6 Å². The number of nitrogens with one attached hydrogen (secondary N) is 2. The Morgan fingerprint density at radius 1 is 1.00 bits per heavy atom. The molecule has 0 amide bonds.